The number of hydrogen-bond donors (Lipinski definition) is 1. The zero-order valence-electron chi connectivity index (χ0n) is 31.9. The van der Waals surface area contributed by atoms with E-state index in [1.807, 2.05) is 45.9 Å². The topological polar surface area (TPSA) is 153 Å². The van der Waals surface area contributed by atoms with E-state index >= 15 is 0 Å². The molecule has 2 amide bonds. The molecular formula is C40H55N3O11. The molecule has 296 valence electrons. The average Bonchev–Trinajstić information content (AvgIpc) is 3.16. The van der Waals surface area contributed by atoms with E-state index in [1.54, 1.807) is 65.8 Å². The molecule has 3 aromatic rings. The molecule has 1 aromatic heterocycles. The van der Waals surface area contributed by atoms with E-state index < -0.39 is 11.7 Å². The van der Waals surface area contributed by atoms with Crippen molar-refractivity contribution in [1.82, 2.24) is 9.88 Å². The SMILES string of the molecule is C[C@@H](c1ccc(C(=O)Nc2ccncc2)cc1)N(CCOCCOCCOCCOCCOCCOCCOC(=O)c1ccccc1)C(=O)OC(C)(C)C. The minimum atomic E-state index is -0.664. The number of ether oxygens (including phenoxy) is 8. The van der Waals surface area contributed by atoms with Gasteiger partial charge in [-0.2, -0.15) is 0 Å². The minimum Gasteiger partial charge on any atom is -0.460 e. The molecule has 1 N–H and O–H groups in total. The van der Waals surface area contributed by atoms with Crippen molar-refractivity contribution in [2.45, 2.75) is 39.3 Å². The van der Waals surface area contributed by atoms with E-state index in [-0.39, 0.29) is 31.1 Å². The van der Waals surface area contributed by atoms with Gasteiger partial charge in [0.15, 0.2) is 0 Å². The number of hydrogen-bond acceptors (Lipinski definition) is 12. The molecule has 2 aromatic carbocycles. The second-order valence-corrected chi connectivity index (χ2v) is 12.8. The Bertz CT molecular complexity index is 1470. The van der Waals surface area contributed by atoms with Crippen LogP contribution in [0.2, 0.25) is 0 Å². The molecule has 3 rings (SSSR count). The highest BCUT2D eigenvalue weighted by Crippen LogP contribution is 2.23. The van der Waals surface area contributed by atoms with E-state index in [0.717, 1.165) is 5.56 Å². The summed E-state index contributed by atoms with van der Waals surface area (Å²) in [6.45, 7) is 12.6. The number of carbonyl (C=O) groups is 3. The average molecular weight is 754 g/mol. The van der Waals surface area contributed by atoms with Gasteiger partial charge in [-0.05, 0) is 69.7 Å². The zero-order chi connectivity index (χ0) is 38.9. The van der Waals surface area contributed by atoms with Gasteiger partial charge in [-0.25, -0.2) is 9.59 Å². The van der Waals surface area contributed by atoms with Crippen molar-refractivity contribution in [2.24, 2.45) is 0 Å². The minimum absolute atomic E-state index is 0.183. The number of amides is 2. The summed E-state index contributed by atoms with van der Waals surface area (Å²) in [5, 5.41) is 2.84. The third kappa shape index (κ3) is 18.5. The molecule has 14 nitrogen and oxygen atoms in total. The van der Waals surface area contributed by atoms with Crippen molar-refractivity contribution in [1.29, 1.82) is 0 Å². The van der Waals surface area contributed by atoms with Gasteiger partial charge in [0.05, 0.1) is 90.9 Å². The van der Waals surface area contributed by atoms with E-state index in [0.29, 0.717) is 96.0 Å². The van der Waals surface area contributed by atoms with Crippen LogP contribution in [0.15, 0.2) is 79.1 Å². The lowest BCUT2D eigenvalue weighted by Crippen LogP contribution is -2.40. The van der Waals surface area contributed by atoms with Crippen LogP contribution in [0.5, 0.6) is 0 Å². The molecule has 0 unspecified atom stereocenters. The summed E-state index contributed by atoms with van der Waals surface area (Å²) in [4.78, 5) is 43.2. The van der Waals surface area contributed by atoms with Crippen LogP contribution in [0.4, 0.5) is 10.5 Å². The lowest BCUT2D eigenvalue weighted by molar-refractivity contribution is -0.0213. The highest BCUT2D eigenvalue weighted by Gasteiger charge is 2.27. The maximum absolute atomic E-state index is 13.1. The van der Waals surface area contributed by atoms with Crippen molar-refractivity contribution >= 4 is 23.7 Å². The van der Waals surface area contributed by atoms with Gasteiger partial charge in [0.25, 0.3) is 5.91 Å². The number of rotatable bonds is 26. The number of anilines is 1. The smallest absolute Gasteiger partial charge is 0.410 e. The Labute approximate surface area is 318 Å². The molecule has 0 aliphatic carbocycles. The third-order valence-corrected chi connectivity index (χ3v) is 7.50. The second kappa shape index (κ2) is 25.6. The molecule has 1 atom stereocenters. The quantitative estimate of drug-likeness (QED) is 0.0804. The molecular weight excluding hydrogens is 698 g/mol. The number of esters is 1. The van der Waals surface area contributed by atoms with Crippen LogP contribution in [-0.4, -0.2) is 126 Å². The first-order valence-corrected chi connectivity index (χ1v) is 18.1. The number of benzene rings is 2. The van der Waals surface area contributed by atoms with Crippen LogP contribution < -0.4 is 5.32 Å². The van der Waals surface area contributed by atoms with Gasteiger partial charge >= 0.3 is 12.1 Å². The van der Waals surface area contributed by atoms with E-state index in [2.05, 4.69) is 10.3 Å². The summed E-state index contributed by atoms with van der Waals surface area (Å²) in [6, 6.07) is 19.0. The molecule has 14 heteroatoms. The molecule has 0 aliphatic heterocycles. The maximum Gasteiger partial charge on any atom is 0.410 e. The van der Waals surface area contributed by atoms with E-state index in [1.165, 1.54) is 0 Å². The zero-order valence-corrected chi connectivity index (χ0v) is 31.9. The van der Waals surface area contributed by atoms with Crippen LogP contribution in [0, 0.1) is 0 Å². The van der Waals surface area contributed by atoms with Gasteiger partial charge < -0.3 is 43.2 Å². The fraction of sp³-hybridized carbons (Fsp3) is 0.500. The second-order valence-electron chi connectivity index (χ2n) is 12.8. The molecule has 0 radical (unpaired) electrons. The number of aromatic nitrogens is 1. The molecule has 54 heavy (non-hydrogen) atoms. The van der Waals surface area contributed by atoms with Crippen molar-refractivity contribution in [3.05, 3.63) is 95.8 Å². The summed E-state index contributed by atoms with van der Waals surface area (Å²) in [7, 11) is 0. The summed E-state index contributed by atoms with van der Waals surface area (Å²) >= 11 is 0. The molecule has 0 fully saturated rings. The summed E-state index contributed by atoms with van der Waals surface area (Å²) < 4.78 is 44.1. The number of nitrogens with one attached hydrogen (secondary N) is 1. The van der Waals surface area contributed by atoms with Gasteiger partial charge in [-0.3, -0.25) is 14.7 Å². The summed E-state index contributed by atoms with van der Waals surface area (Å²) in [6.07, 6.45) is 2.76. The van der Waals surface area contributed by atoms with E-state index in [9.17, 15) is 14.4 Å². The van der Waals surface area contributed by atoms with Gasteiger partial charge in [0, 0.05) is 30.2 Å². The van der Waals surface area contributed by atoms with Crippen molar-refractivity contribution < 1.29 is 52.3 Å². The number of carbonyl (C=O) groups excluding carboxylic acids is 3. The molecule has 0 saturated carbocycles. The first-order chi connectivity index (χ1) is 26.1. The molecule has 0 saturated heterocycles. The van der Waals surface area contributed by atoms with Crippen LogP contribution in [0.1, 0.15) is 60.0 Å². The first kappa shape index (κ1) is 44.0. The van der Waals surface area contributed by atoms with Crippen LogP contribution >= 0.6 is 0 Å². The van der Waals surface area contributed by atoms with Crippen LogP contribution in [0.25, 0.3) is 0 Å². The van der Waals surface area contributed by atoms with Crippen molar-refractivity contribution in [3.8, 4) is 0 Å². The Hall–Kier alpha value is -4.44. The number of nitrogens with zero attached hydrogens (tertiary/aromatic N) is 2. The Morgan fingerprint density at radius 1 is 0.630 bits per heavy atom. The van der Waals surface area contributed by atoms with Crippen LogP contribution in [-0.2, 0) is 37.9 Å². The maximum atomic E-state index is 13.1. The van der Waals surface area contributed by atoms with Gasteiger partial charge in [-0.1, -0.05) is 30.3 Å². The molecule has 1 heterocycles. The van der Waals surface area contributed by atoms with Crippen LogP contribution in [0.3, 0.4) is 0 Å². The first-order valence-electron chi connectivity index (χ1n) is 18.1. The largest absolute Gasteiger partial charge is 0.460 e. The highest BCUT2D eigenvalue weighted by atomic mass is 16.6. The van der Waals surface area contributed by atoms with Crippen molar-refractivity contribution in [3.63, 3.8) is 0 Å². The molecule has 0 aliphatic rings. The Balaban J connectivity index is 1.18. The molecule has 0 spiro atoms. The fourth-order valence-electron chi connectivity index (χ4n) is 4.71. The molecule has 0 bridgehead atoms. The van der Waals surface area contributed by atoms with E-state index in [4.69, 9.17) is 37.9 Å². The predicted octanol–water partition coefficient (Wildman–Crippen LogP) is 5.59. The summed E-state index contributed by atoms with van der Waals surface area (Å²) in [5.41, 5.74) is 1.85. The third-order valence-electron chi connectivity index (χ3n) is 7.50. The van der Waals surface area contributed by atoms with Gasteiger partial charge in [0.2, 0.25) is 0 Å². The van der Waals surface area contributed by atoms with Crippen molar-refractivity contribution in [2.75, 3.05) is 97.8 Å². The normalized spacial score (nSPS) is 11.9. The lowest BCUT2D eigenvalue weighted by atomic mass is 10.0. The van der Waals surface area contributed by atoms with Gasteiger partial charge in [-0.15, -0.1) is 0 Å². The number of pyridine rings is 1. The Morgan fingerprint density at radius 3 is 1.61 bits per heavy atom. The fourth-order valence-corrected chi connectivity index (χ4v) is 4.71. The predicted molar refractivity (Wildman–Crippen MR) is 202 cm³/mol. The highest BCUT2D eigenvalue weighted by molar-refractivity contribution is 6.04. The lowest BCUT2D eigenvalue weighted by Gasteiger charge is -2.32. The standard InChI is InChI=1S/C40H55N3O11/c1-32(33-10-12-34(13-11-33)37(44)42-36-14-16-41-17-15-36)43(39(46)54-40(2,3)4)18-19-47-20-21-48-22-23-49-24-25-50-26-27-51-28-29-52-30-31-53-38(45)35-8-6-5-7-9-35/h5-17,32H,18-31H2,1-4H3,(H,41,42,44)/t32-/m0/s1. The monoisotopic (exact) mass is 753 g/mol. The summed E-state index contributed by atoms with van der Waals surface area (Å²) in [5.74, 6) is -0.609. The Morgan fingerprint density at radius 2 is 1.11 bits per heavy atom. The van der Waals surface area contributed by atoms with Gasteiger partial charge in [0.1, 0.15) is 12.2 Å². The Kier molecular flexibility index (Phi) is 20.8.